The van der Waals surface area contributed by atoms with Crippen molar-refractivity contribution in [3.63, 3.8) is 0 Å². The van der Waals surface area contributed by atoms with Gasteiger partial charge in [0.2, 0.25) is 5.91 Å². The van der Waals surface area contributed by atoms with Gasteiger partial charge in [0, 0.05) is 37.5 Å². The molecule has 0 bridgehead atoms. The molecule has 0 atom stereocenters. The smallest absolute Gasteiger partial charge is 0.391 e. The van der Waals surface area contributed by atoms with Crippen LogP contribution in [0.25, 0.3) is 0 Å². The second-order valence-corrected chi connectivity index (χ2v) is 4.28. The molecule has 0 aliphatic rings. The Morgan fingerprint density at radius 2 is 1.82 bits per heavy atom. The summed E-state index contributed by atoms with van der Waals surface area (Å²) in [5.74, 6) is -2.42. The van der Waals surface area contributed by atoms with E-state index in [0.717, 1.165) is 0 Å². The number of amides is 2. The fourth-order valence-electron chi connectivity index (χ4n) is 1.54. The molecule has 0 fully saturated rings. The van der Waals surface area contributed by atoms with Crippen molar-refractivity contribution >= 4 is 17.5 Å². The molecule has 0 saturated heterocycles. The summed E-state index contributed by atoms with van der Waals surface area (Å²) in [6.45, 7) is -0.233. The molecule has 1 aromatic rings. The fourth-order valence-corrected chi connectivity index (χ4v) is 1.54. The SMILES string of the molecule is CN/C(=C\C(=O)Nc1ccccc1)CCNC(=O)C(F)(F)F. The number of carbonyl (C=O) groups is 2. The normalized spacial score (nSPS) is 11.7. The maximum Gasteiger partial charge on any atom is 0.471 e. The van der Waals surface area contributed by atoms with Gasteiger partial charge in [-0.1, -0.05) is 18.2 Å². The predicted molar refractivity (Wildman–Crippen MR) is 75.9 cm³/mol. The summed E-state index contributed by atoms with van der Waals surface area (Å²) in [6, 6.07) is 8.71. The first-order chi connectivity index (χ1) is 10.3. The maximum atomic E-state index is 12.0. The molecule has 3 N–H and O–H groups in total. The van der Waals surface area contributed by atoms with Gasteiger partial charge in [-0.05, 0) is 12.1 Å². The van der Waals surface area contributed by atoms with Crippen LogP contribution in [0.2, 0.25) is 0 Å². The first-order valence-corrected chi connectivity index (χ1v) is 6.42. The van der Waals surface area contributed by atoms with E-state index in [0.29, 0.717) is 11.4 Å². The molecule has 0 saturated carbocycles. The van der Waals surface area contributed by atoms with Gasteiger partial charge in [0.25, 0.3) is 0 Å². The molecule has 0 aliphatic carbocycles. The molecule has 0 aliphatic heterocycles. The first-order valence-electron chi connectivity index (χ1n) is 6.42. The molecule has 0 spiro atoms. The number of para-hydroxylation sites is 1. The van der Waals surface area contributed by atoms with Gasteiger partial charge >= 0.3 is 12.1 Å². The van der Waals surface area contributed by atoms with Gasteiger partial charge in [-0.3, -0.25) is 9.59 Å². The van der Waals surface area contributed by atoms with Crippen molar-refractivity contribution in [3.8, 4) is 0 Å². The number of hydrogen-bond donors (Lipinski definition) is 3. The average molecular weight is 315 g/mol. The number of anilines is 1. The van der Waals surface area contributed by atoms with E-state index >= 15 is 0 Å². The Morgan fingerprint density at radius 3 is 2.36 bits per heavy atom. The van der Waals surface area contributed by atoms with E-state index < -0.39 is 18.0 Å². The van der Waals surface area contributed by atoms with E-state index in [1.807, 2.05) is 0 Å². The summed E-state index contributed by atoms with van der Waals surface area (Å²) in [7, 11) is 1.53. The lowest BCUT2D eigenvalue weighted by atomic mass is 10.2. The highest BCUT2D eigenvalue weighted by atomic mass is 19.4. The summed E-state index contributed by atoms with van der Waals surface area (Å²) < 4.78 is 36.0. The quantitative estimate of drug-likeness (QED) is 0.701. The van der Waals surface area contributed by atoms with Crippen LogP contribution >= 0.6 is 0 Å². The molecule has 0 unspecified atom stereocenters. The third-order valence-electron chi connectivity index (χ3n) is 2.61. The van der Waals surface area contributed by atoms with Crippen molar-refractivity contribution in [2.45, 2.75) is 12.6 Å². The second-order valence-electron chi connectivity index (χ2n) is 4.28. The molecule has 1 aromatic carbocycles. The lowest BCUT2D eigenvalue weighted by Gasteiger charge is -2.10. The summed E-state index contributed by atoms with van der Waals surface area (Å²) in [5.41, 5.74) is 1.00. The van der Waals surface area contributed by atoms with Crippen LogP contribution in [0.4, 0.5) is 18.9 Å². The highest BCUT2D eigenvalue weighted by molar-refractivity contribution is 5.99. The molecule has 5 nitrogen and oxygen atoms in total. The molecule has 2 amide bonds. The minimum Gasteiger partial charge on any atom is -0.391 e. The molecule has 120 valence electrons. The number of hydrogen-bond acceptors (Lipinski definition) is 3. The molecule has 0 aromatic heterocycles. The molecular formula is C14H16F3N3O2. The molecule has 1 rings (SSSR count). The molecule has 0 radical (unpaired) electrons. The first kappa shape index (κ1) is 17.5. The van der Waals surface area contributed by atoms with Crippen molar-refractivity contribution in [3.05, 3.63) is 42.1 Å². The van der Waals surface area contributed by atoms with Crippen LogP contribution in [0.1, 0.15) is 6.42 Å². The number of carbonyl (C=O) groups excluding carboxylic acids is 2. The van der Waals surface area contributed by atoms with Gasteiger partial charge in [-0.25, -0.2) is 0 Å². The van der Waals surface area contributed by atoms with Crippen LogP contribution in [0.3, 0.4) is 0 Å². The zero-order valence-corrected chi connectivity index (χ0v) is 11.8. The van der Waals surface area contributed by atoms with E-state index in [4.69, 9.17) is 0 Å². The monoisotopic (exact) mass is 315 g/mol. The third-order valence-corrected chi connectivity index (χ3v) is 2.61. The van der Waals surface area contributed by atoms with E-state index in [2.05, 4.69) is 10.6 Å². The average Bonchev–Trinajstić information content (AvgIpc) is 2.46. The predicted octanol–water partition coefficient (Wildman–Crippen LogP) is 1.80. The summed E-state index contributed by atoms with van der Waals surface area (Å²) >= 11 is 0. The summed E-state index contributed by atoms with van der Waals surface area (Å²) in [6.07, 6.45) is -3.61. The van der Waals surface area contributed by atoms with E-state index in [1.165, 1.54) is 13.1 Å². The van der Waals surface area contributed by atoms with Crippen LogP contribution in [0.5, 0.6) is 0 Å². The second kappa shape index (κ2) is 8.06. The van der Waals surface area contributed by atoms with Gasteiger partial charge in [-0.2, -0.15) is 13.2 Å². The number of alkyl halides is 3. The van der Waals surface area contributed by atoms with Crippen LogP contribution < -0.4 is 16.0 Å². The summed E-state index contributed by atoms with van der Waals surface area (Å²) in [4.78, 5) is 22.4. The Kier molecular flexibility index (Phi) is 6.43. The van der Waals surface area contributed by atoms with E-state index in [9.17, 15) is 22.8 Å². The third kappa shape index (κ3) is 6.29. The highest BCUT2D eigenvalue weighted by Gasteiger charge is 2.38. The number of benzene rings is 1. The number of rotatable bonds is 6. The van der Waals surface area contributed by atoms with Crippen LogP contribution in [0, 0.1) is 0 Å². The van der Waals surface area contributed by atoms with Crippen molar-refractivity contribution in [2.24, 2.45) is 0 Å². The Hall–Kier alpha value is -2.51. The molecule has 22 heavy (non-hydrogen) atoms. The van der Waals surface area contributed by atoms with E-state index in [-0.39, 0.29) is 13.0 Å². The molecular weight excluding hydrogens is 299 g/mol. The van der Waals surface area contributed by atoms with E-state index in [1.54, 1.807) is 35.6 Å². The maximum absolute atomic E-state index is 12.0. The van der Waals surface area contributed by atoms with Crippen molar-refractivity contribution < 1.29 is 22.8 Å². The Labute approximate surface area is 125 Å². The minimum atomic E-state index is -4.91. The zero-order valence-electron chi connectivity index (χ0n) is 11.8. The van der Waals surface area contributed by atoms with Crippen LogP contribution in [-0.2, 0) is 9.59 Å². The topological polar surface area (TPSA) is 70.2 Å². The standard InChI is InChI=1S/C14H16F3N3O2/c1-18-11(7-8-19-13(22)14(15,16)17)9-12(21)20-10-5-3-2-4-6-10/h2-6,9,18H,7-8H2,1H3,(H,19,22)(H,20,21)/b11-9-. The Bertz CT molecular complexity index is 542. The zero-order chi connectivity index (χ0) is 16.6. The highest BCUT2D eigenvalue weighted by Crippen LogP contribution is 2.14. The molecule has 8 heteroatoms. The van der Waals surface area contributed by atoms with Gasteiger partial charge < -0.3 is 16.0 Å². The minimum absolute atomic E-state index is 0.0700. The van der Waals surface area contributed by atoms with Crippen LogP contribution in [0.15, 0.2) is 42.1 Å². The lowest BCUT2D eigenvalue weighted by molar-refractivity contribution is -0.173. The van der Waals surface area contributed by atoms with Gasteiger partial charge in [-0.15, -0.1) is 0 Å². The fraction of sp³-hybridized carbons (Fsp3) is 0.286. The van der Waals surface area contributed by atoms with Gasteiger partial charge in [0.1, 0.15) is 0 Å². The Balaban J connectivity index is 2.49. The Morgan fingerprint density at radius 1 is 1.18 bits per heavy atom. The van der Waals surface area contributed by atoms with Crippen molar-refractivity contribution in [1.82, 2.24) is 10.6 Å². The largest absolute Gasteiger partial charge is 0.471 e. The number of halogens is 3. The van der Waals surface area contributed by atoms with Gasteiger partial charge in [0.05, 0.1) is 0 Å². The van der Waals surface area contributed by atoms with Crippen molar-refractivity contribution in [2.75, 3.05) is 18.9 Å². The van der Waals surface area contributed by atoms with Crippen molar-refractivity contribution in [1.29, 1.82) is 0 Å². The van der Waals surface area contributed by atoms with Crippen LogP contribution in [-0.4, -0.2) is 31.6 Å². The van der Waals surface area contributed by atoms with Gasteiger partial charge in [0.15, 0.2) is 0 Å². The summed E-state index contributed by atoms with van der Waals surface area (Å²) in [5, 5.41) is 7.04. The lowest BCUT2D eigenvalue weighted by Crippen LogP contribution is -2.37. The number of nitrogens with one attached hydrogen (secondary N) is 3. The molecule has 0 heterocycles.